The Hall–Kier alpha value is -3.27. The van der Waals surface area contributed by atoms with Crippen molar-refractivity contribution in [1.29, 1.82) is 0 Å². The van der Waals surface area contributed by atoms with Crippen LogP contribution in [0.3, 0.4) is 0 Å². The van der Waals surface area contributed by atoms with Gasteiger partial charge >= 0.3 is 11.9 Å². The van der Waals surface area contributed by atoms with Crippen molar-refractivity contribution in [3.8, 4) is 0 Å². The molecule has 0 fully saturated rings. The Labute approximate surface area is 167 Å². The van der Waals surface area contributed by atoms with Gasteiger partial charge in [0, 0.05) is 37.0 Å². The van der Waals surface area contributed by atoms with Gasteiger partial charge in [0.2, 0.25) is 0 Å². The van der Waals surface area contributed by atoms with Gasteiger partial charge in [-0.2, -0.15) is 0 Å². The fourth-order valence-corrected chi connectivity index (χ4v) is 3.01. The lowest BCUT2D eigenvalue weighted by Crippen LogP contribution is -2.49. The van der Waals surface area contributed by atoms with E-state index < -0.39 is 28.9 Å². The third kappa shape index (κ3) is 6.39. The van der Waals surface area contributed by atoms with E-state index in [4.69, 9.17) is 0 Å². The highest BCUT2D eigenvalue weighted by Gasteiger charge is 2.27. The number of nitrogens with zero attached hydrogens (tertiary/aromatic N) is 3. The SMILES string of the molecule is CC(C)CC(N[C@@H](Cc1cncn1Cc1cccc([N+](=O)[O-])c1)C(=O)O)C(=O)O. The van der Waals surface area contributed by atoms with E-state index in [0.717, 1.165) is 0 Å². The number of nitro benzene ring substituents is 1. The van der Waals surface area contributed by atoms with E-state index in [9.17, 15) is 29.9 Å². The minimum Gasteiger partial charge on any atom is -0.480 e. The number of rotatable bonds is 11. The van der Waals surface area contributed by atoms with Gasteiger partial charge in [-0.05, 0) is 17.9 Å². The van der Waals surface area contributed by atoms with Crippen molar-refractivity contribution in [1.82, 2.24) is 14.9 Å². The minimum atomic E-state index is -1.16. The van der Waals surface area contributed by atoms with Gasteiger partial charge in [0.1, 0.15) is 12.1 Å². The maximum Gasteiger partial charge on any atom is 0.321 e. The number of imidazole rings is 1. The van der Waals surface area contributed by atoms with Gasteiger partial charge in [-0.15, -0.1) is 0 Å². The Balaban J connectivity index is 2.17. The van der Waals surface area contributed by atoms with E-state index in [-0.39, 0.29) is 24.6 Å². The molecule has 2 atom stereocenters. The quantitative estimate of drug-likeness (QED) is 0.380. The number of carboxylic acid groups (broad SMARTS) is 2. The number of nitro groups is 1. The van der Waals surface area contributed by atoms with Crippen LogP contribution in [-0.4, -0.2) is 48.7 Å². The van der Waals surface area contributed by atoms with Crippen molar-refractivity contribution in [3.05, 3.63) is 58.2 Å². The van der Waals surface area contributed by atoms with Crippen molar-refractivity contribution in [2.45, 2.75) is 45.3 Å². The molecule has 0 saturated carbocycles. The van der Waals surface area contributed by atoms with E-state index in [1.165, 1.54) is 24.7 Å². The van der Waals surface area contributed by atoms with E-state index in [1.54, 1.807) is 16.7 Å². The van der Waals surface area contributed by atoms with Crippen LogP contribution in [0.15, 0.2) is 36.8 Å². The molecule has 0 bridgehead atoms. The number of benzene rings is 1. The molecule has 0 amide bonds. The first kappa shape index (κ1) is 22.0. The summed E-state index contributed by atoms with van der Waals surface area (Å²) in [4.78, 5) is 37.7. The number of aliphatic carboxylic acids is 2. The van der Waals surface area contributed by atoms with Crippen LogP contribution >= 0.6 is 0 Å². The molecular weight excluding hydrogens is 380 g/mol. The molecule has 0 radical (unpaired) electrons. The maximum atomic E-state index is 11.7. The van der Waals surface area contributed by atoms with E-state index in [1.807, 2.05) is 13.8 Å². The van der Waals surface area contributed by atoms with Gasteiger partial charge < -0.3 is 14.8 Å². The number of hydrogen-bond acceptors (Lipinski definition) is 6. The van der Waals surface area contributed by atoms with Gasteiger partial charge in [-0.3, -0.25) is 25.0 Å². The van der Waals surface area contributed by atoms with Crippen LogP contribution in [0.4, 0.5) is 5.69 Å². The third-order valence-corrected chi connectivity index (χ3v) is 4.39. The van der Waals surface area contributed by atoms with E-state index in [2.05, 4.69) is 10.3 Å². The molecule has 1 heterocycles. The zero-order valence-corrected chi connectivity index (χ0v) is 16.2. The zero-order chi connectivity index (χ0) is 21.6. The molecule has 0 aliphatic heterocycles. The maximum absolute atomic E-state index is 11.7. The highest BCUT2D eigenvalue weighted by molar-refractivity contribution is 5.77. The third-order valence-electron chi connectivity index (χ3n) is 4.39. The van der Waals surface area contributed by atoms with Crippen LogP contribution in [0.25, 0.3) is 0 Å². The fraction of sp³-hybridized carbons (Fsp3) is 0.421. The molecule has 0 aliphatic rings. The average molecular weight is 404 g/mol. The standard InChI is InChI=1S/C19H24N4O6/c1-12(2)6-16(18(24)25)21-17(19(26)27)8-15-9-20-11-22(15)10-13-4-3-5-14(7-13)23(28)29/h3-5,7,9,11-12,16-17,21H,6,8,10H2,1-2H3,(H,24,25)(H,26,27)/t16?,17-/m0/s1. The number of nitrogens with one attached hydrogen (secondary N) is 1. The molecule has 3 N–H and O–H groups in total. The van der Waals surface area contributed by atoms with Crippen LogP contribution in [0.2, 0.25) is 0 Å². The summed E-state index contributed by atoms with van der Waals surface area (Å²) in [6, 6.07) is 4.05. The first-order valence-corrected chi connectivity index (χ1v) is 9.11. The second kappa shape index (κ2) is 9.78. The van der Waals surface area contributed by atoms with Gasteiger partial charge in [-0.1, -0.05) is 26.0 Å². The predicted molar refractivity (Wildman–Crippen MR) is 104 cm³/mol. The lowest BCUT2D eigenvalue weighted by atomic mass is 10.0. The van der Waals surface area contributed by atoms with Gasteiger partial charge in [0.25, 0.3) is 5.69 Å². The van der Waals surface area contributed by atoms with E-state index in [0.29, 0.717) is 17.7 Å². The highest BCUT2D eigenvalue weighted by atomic mass is 16.6. The number of carbonyl (C=O) groups is 2. The summed E-state index contributed by atoms with van der Waals surface area (Å²) in [7, 11) is 0. The molecule has 29 heavy (non-hydrogen) atoms. The van der Waals surface area contributed by atoms with Crippen LogP contribution in [0, 0.1) is 16.0 Å². The minimum absolute atomic E-state index is 0.0200. The lowest BCUT2D eigenvalue weighted by Gasteiger charge is -2.22. The Kier molecular flexibility index (Phi) is 7.43. The summed E-state index contributed by atoms with van der Waals surface area (Å²) in [5, 5.41) is 32.6. The normalized spacial score (nSPS) is 13.2. The van der Waals surface area contributed by atoms with Crippen molar-refractivity contribution >= 4 is 17.6 Å². The molecule has 1 unspecified atom stereocenters. The molecule has 2 rings (SSSR count). The molecule has 0 spiro atoms. The molecule has 1 aromatic heterocycles. The Morgan fingerprint density at radius 3 is 2.52 bits per heavy atom. The van der Waals surface area contributed by atoms with Gasteiger partial charge in [0.15, 0.2) is 0 Å². The molecular formula is C19H24N4O6. The first-order valence-electron chi connectivity index (χ1n) is 9.11. The van der Waals surface area contributed by atoms with Crippen LogP contribution in [-0.2, 0) is 22.6 Å². The molecule has 10 heteroatoms. The Morgan fingerprint density at radius 1 is 1.24 bits per heavy atom. The summed E-state index contributed by atoms with van der Waals surface area (Å²) in [6.45, 7) is 4.00. The van der Waals surface area contributed by atoms with Crippen LogP contribution in [0.5, 0.6) is 0 Å². The van der Waals surface area contributed by atoms with Gasteiger partial charge in [-0.25, -0.2) is 4.98 Å². The number of carboxylic acids is 2. The molecule has 1 aromatic carbocycles. The fourth-order valence-electron chi connectivity index (χ4n) is 3.01. The number of non-ortho nitro benzene ring substituents is 1. The second-order valence-corrected chi connectivity index (χ2v) is 7.22. The molecule has 10 nitrogen and oxygen atoms in total. The molecule has 0 saturated heterocycles. The summed E-state index contributed by atoms with van der Waals surface area (Å²) in [6.07, 6.45) is 3.33. The van der Waals surface area contributed by atoms with Crippen LogP contribution < -0.4 is 5.32 Å². The molecule has 2 aromatic rings. The summed E-state index contributed by atoms with van der Waals surface area (Å²) >= 11 is 0. The van der Waals surface area contributed by atoms with Crippen molar-refractivity contribution in [3.63, 3.8) is 0 Å². The number of aromatic nitrogens is 2. The van der Waals surface area contributed by atoms with Crippen molar-refractivity contribution < 1.29 is 24.7 Å². The lowest BCUT2D eigenvalue weighted by molar-refractivity contribution is -0.384. The average Bonchev–Trinajstić information content (AvgIpc) is 3.06. The van der Waals surface area contributed by atoms with Crippen LogP contribution in [0.1, 0.15) is 31.5 Å². The smallest absolute Gasteiger partial charge is 0.321 e. The zero-order valence-electron chi connectivity index (χ0n) is 16.2. The predicted octanol–water partition coefficient (Wildman–Crippen LogP) is 1.92. The molecule has 156 valence electrons. The van der Waals surface area contributed by atoms with Gasteiger partial charge in [0.05, 0.1) is 11.3 Å². The summed E-state index contributed by atoms with van der Waals surface area (Å²) in [5.41, 5.74) is 1.21. The van der Waals surface area contributed by atoms with E-state index >= 15 is 0 Å². The number of hydrogen-bond donors (Lipinski definition) is 3. The largest absolute Gasteiger partial charge is 0.480 e. The monoisotopic (exact) mass is 404 g/mol. The Bertz CT molecular complexity index is 879. The summed E-state index contributed by atoms with van der Waals surface area (Å²) in [5.74, 6) is -2.18. The topological polar surface area (TPSA) is 148 Å². The highest BCUT2D eigenvalue weighted by Crippen LogP contribution is 2.16. The first-order chi connectivity index (χ1) is 13.7. The second-order valence-electron chi connectivity index (χ2n) is 7.22. The van der Waals surface area contributed by atoms with Crippen molar-refractivity contribution in [2.75, 3.05) is 0 Å². The molecule has 0 aliphatic carbocycles. The van der Waals surface area contributed by atoms with Crippen molar-refractivity contribution in [2.24, 2.45) is 5.92 Å². The summed E-state index contributed by atoms with van der Waals surface area (Å²) < 4.78 is 1.69. The Morgan fingerprint density at radius 2 is 1.93 bits per heavy atom.